The summed E-state index contributed by atoms with van der Waals surface area (Å²) in [6.07, 6.45) is -3.89. The van der Waals surface area contributed by atoms with E-state index in [4.69, 9.17) is 11.6 Å². The molecule has 0 saturated heterocycles. The van der Waals surface area contributed by atoms with Crippen LogP contribution in [-0.4, -0.2) is 15.6 Å². The van der Waals surface area contributed by atoms with Crippen LogP contribution in [0.2, 0.25) is 5.02 Å². The van der Waals surface area contributed by atoms with Crippen LogP contribution < -0.4 is 5.43 Å². The van der Waals surface area contributed by atoms with E-state index in [9.17, 15) is 23.3 Å². The molecule has 6 nitrogen and oxygen atoms in total. The van der Waals surface area contributed by atoms with Crippen molar-refractivity contribution in [3.8, 4) is 0 Å². The number of aromatic nitrogens is 1. The molecule has 1 aromatic carbocycles. The summed E-state index contributed by atoms with van der Waals surface area (Å²) in [7, 11) is 0. The fourth-order valence-electron chi connectivity index (χ4n) is 1.70. The normalized spacial score (nSPS) is 12.1. The van der Waals surface area contributed by atoms with Crippen LogP contribution in [0.5, 0.6) is 0 Å². The monoisotopic (exact) mass is 358 g/mol. The minimum absolute atomic E-state index is 0.0362. The largest absolute Gasteiger partial charge is 0.417 e. The molecule has 0 atom stereocenters. The van der Waals surface area contributed by atoms with Crippen molar-refractivity contribution in [3.05, 3.63) is 62.8 Å². The molecule has 0 aliphatic rings. The number of benzene rings is 1. The van der Waals surface area contributed by atoms with Crippen LogP contribution in [-0.2, 0) is 6.18 Å². The molecule has 1 aromatic heterocycles. The Labute approximate surface area is 139 Å². The Balaban J connectivity index is 2.16. The van der Waals surface area contributed by atoms with Crippen molar-refractivity contribution < 1.29 is 18.1 Å². The van der Waals surface area contributed by atoms with Crippen molar-refractivity contribution in [3.63, 3.8) is 0 Å². The van der Waals surface area contributed by atoms with E-state index in [0.717, 1.165) is 6.07 Å². The Morgan fingerprint density at radius 3 is 2.46 bits per heavy atom. The van der Waals surface area contributed by atoms with Gasteiger partial charge in [0.1, 0.15) is 0 Å². The standard InChI is InChI=1S/C14H10ClF3N4O2/c1-8(9-2-4-11(5-3-9)22(23)24)20-21-13-12(15)6-10(7-19-13)14(16,17)18/h2-7H,1H3,(H,19,21). The van der Waals surface area contributed by atoms with Gasteiger partial charge in [-0.3, -0.25) is 15.5 Å². The number of hydrazone groups is 1. The summed E-state index contributed by atoms with van der Waals surface area (Å²) in [6, 6.07) is 6.38. The van der Waals surface area contributed by atoms with Gasteiger partial charge in [0.05, 0.1) is 21.2 Å². The molecule has 126 valence electrons. The summed E-state index contributed by atoms with van der Waals surface area (Å²) in [6.45, 7) is 1.62. The Bertz CT molecular complexity index is 792. The number of hydrogen-bond donors (Lipinski definition) is 1. The third-order valence-electron chi connectivity index (χ3n) is 2.99. The van der Waals surface area contributed by atoms with Gasteiger partial charge in [0.15, 0.2) is 5.82 Å². The Hall–Kier alpha value is -2.68. The van der Waals surface area contributed by atoms with Gasteiger partial charge in [0, 0.05) is 18.3 Å². The van der Waals surface area contributed by atoms with Crippen LogP contribution >= 0.6 is 11.6 Å². The van der Waals surface area contributed by atoms with Crippen LogP contribution in [0.3, 0.4) is 0 Å². The summed E-state index contributed by atoms with van der Waals surface area (Å²) in [5, 5.41) is 14.3. The summed E-state index contributed by atoms with van der Waals surface area (Å²) in [4.78, 5) is 13.6. The average molecular weight is 359 g/mol. The minimum Gasteiger partial charge on any atom is -0.260 e. The van der Waals surface area contributed by atoms with Crippen LogP contribution in [0.1, 0.15) is 18.1 Å². The van der Waals surface area contributed by atoms with E-state index in [1.54, 1.807) is 6.92 Å². The van der Waals surface area contributed by atoms with E-state index in [1.165, 1.54) is 24.3 Å². The van der Waals surface area contributed by atoms with Gasteiger partial charge >= 0.3 is 6.18 Å². The van der Waals surface area contributed by atoms with Crippen molar-refractivity contribution in [2.75, 3.05) is 5.43 Å². The molecular formula is C14H10ClF3N4O2. The molecule has 2 rings (SSSR count). The summed E-state index contributed by atoms with van der Waals surface area (Å²) in [5.74, 6) is -0.0362. The van der Waals surface area contributed by atoms with E-state index >= 15 is 0 Å². The zero-order valence-corrected chi connectivity index (χ0v) is 12.9. The molecule has 0 unspecified atom stereocenters. The maximum absolute atomic E-state index is 12.5. The maximum Gasteiger partial charge on any atom is 0.417 e. The lowest BCUT2D eigenvalue weighted by atomic mass is 10.1. The molecule has 0 aliphatic carbocycles. The van der Waals surface area contributed by atoms with Gasteiger partial charge in [-0.2, -0.15) is 18.3 Å². The zero-order chi connectivity index (χ0) is 17.9. The third-order valence-corrected chi connectivity index (χ3v) is 3.28. The first-order chi connectivity index (χ1) is 11.2. The quantitative estimate of drug-likeness (QED) is 0.495. The highest BCUT2D eigenvalue weighted by molar-refractivity contribution is 6.33. The first-order valence-corrected chi connectivity index (χ1v) is 6.84. The minimum atomic E-state index is -4.53. The summed E-state index contributed by atoms with van der Waals surface area (Å²) >= 11 is 5.75. The van der Waals surface area contributed by atoms with Crippen molar-refractivity contribution in [1.82, 2.24) is 4.98 Å². The lowest BCUT2D eigenvalue weighted by molar-refractivity contribution is -0.384. The fraction of sp³-hybridized carbons (Fsp3) is 0.143. The Morgan fingerprint density at radius 2 is 1.96 bits per heavy atom. The molecule has 1 heterocycles. The highest BCUT2D eigenvalue weighted by atomic mass is 35.5. The van der Waals surface area contributed by atoms with Crippen molar-refractivity contribution >= 4 is 28.8 Å². The van der Waals surface area contributed by atoms with E-state index in [1.807, 2.05) is 0 Å². The van der Waals surface area contributed by atoms with Gasteiger partial charge in [-0.15, -0.1) is 0 Å². The second kappa shape index (κ2) is 6.83. The number of nitro benzene ring substituents is 1. The number of halogens is 4. The van der Waals surface area contributed by atoms with Crippen molar-refractivity contribution in [1.29, 1.82) is 0 Å². The maximum atomic E-state index is 12.5. The second-order valence-corrected chi connectivity index (χ2v) is 5.07. The zero-order valence-electron chi connectivity index (χ0n) is 12.1. The number of nitrogens with one attached hydrogen (secondary N) is 1. The van der Waals surface area contributed by atoms with Gasteiger partial charge in [-0.05, 0) is 30.7 Å². The Morgan fingerprint density at radius 1 is 1.33 bits per heavy atom. The first kappa shape index (κ1) is 17.7. The van der Waals surface area contributed by atoms with E-state index in [2.05, 4.69) is 15.5 Å². The van der Waals surface area contributed by atoms with Crippen LogP contribution in [0.25, 0.3) is 0 Å². The van der Waals surface area contributed by atoms with Gasteiger partial charge in [0.25, 0.3) is 5.69 Å². The highest BCUT2D eigenvalue weighted by Crippen LogP contribution is 2.32. The number of nitrogens with zero attached hydrogens (tertiary/aromatic N) is 3. The average Bonchev–Trinajstić information content (AvgIpc) is 2.52. The summed E-state index contributed by atoms with van der Waals surface area (Å²) < 4.78 is 37.6. The van der Waals surface area contributed by atoms with Crippen LogP contribution in [0, 0.1) is 10.1 Å². The lowest BCUT2D eigenvalue weighted by Gasteiger charge is -2.09. The molecule has 0 bridgehead atoms. The molecule has 0 saturated carbocycles. The molecule has 0 aliphatic heterocycles. The van der Waals surface area contributed by atoms with Crippen LogP contribution in [0.4, 0.5) is 24.7 Å². The number of alkyl halides is 3. The summed E-state index contributed by atoms with van der Waals surface area (Å²) in [5.41, 5.74) is 2.48. The first-order valence-electron chi connectivity index (χ1n) is 6.46. The van der Waals surface area contributed by atoms with Gasteiger partial charge in [0.2, 0.25) is 0 Å². The number of nitro groups is 1. The number of non-ortho nitro benzene ring substituents is 1. The van der Waals surface area contributed by atoms with E-state index in [0.29, 0.717) is 17.5 Å². The lowest BCUT2D eigenvalue weighted by Crippen LogP contribution is -2.07. The van der Waals surface area contributed by atoms with Crippen molar-refractivity contribution in [2.45, 2.75) is 13.1 Å². The van der Waals surface area contributed by atoms with Gasteiger partial charge in [-0.1, -0.05) is 11.6 Å². The smallest absolute Gasteiger partial charge is 0.260 e. The van der Waals surface area contributed by atoms with Crippen molar-refractivity contribution in [2.24, 2.45) is 5.10 Å². The van der Waals surface area contributed by atoms with Gasteiger partial charge < -0.3 is 0 Å². The number of hydrogen-bond acceptors (Lipinski definition) is 5. The fourth-order valence-corrected chi connectivity index (χ4v) is 1.91. The molecule has 0 radical (unpaired) electrons. The molecule has 10 heteroatoms. The molecule has 0 amide bonds. The third kappa shape index (κ3) is 4.19. The predicted molar refractivity (Wildman–Crippen MR) is 83.2 cm³/mol. The molecule has 0 fully saturated rings. The van der Waals surface area contributed by atoms with Crippen LogP contribution in [0.15, 0.2) is 41.6 Å². The Kier molecular flexibility index (Phi) is 5.03. The topological polar surface area (TPSA) is 80.4 Å². The SMILES string of the molecule is CC(=NNc1ncc(C(F)(F)F)cc1Cl)c1ccc([N+](=O)[O-])cc1. The molecular weight excluding hydrogens is 349 g/mol. The molecule has 0 spiro atoms. The number of pyridine rings is 1. The molecule has 2 aromatic rings. The second-order valence-electron chi connectivity index (χ2n) is 4.67. The number of rotatable bonds is 4. The number of anilines is 1. The van der Waals surface area contributed by atoms with E-state index in [-0.39, 0.29) is 16.5 Å². The van der Waals surface area contributed by atoms with E-state index < -0.39 is 16.7 Å². The highest BCUT2D eigenvalue weighted by Gasteiger charge is 2.31. The van der Waals surface area contributed by atoms with Gasteiger partial charge in [-0.25, -0.2) is 4.98 Å². The molecule has 24 heavy (non-hydrogen) atoms. The predicted octanol–water partition coefficient (Wildman–Crippen LogP) is 4.50. The molecule has 1 N–H and O–H groups in total.